The van der Waals surface area contributed by atoms with Gasteiger partial charge in [-0.15, -0.1) is 0 Å². The summed E-state index contributed by atoms with van der Waals surface area (Å²) in [5, 5.41) is 8.92. The molecule has 7 nitrogen and oxygen atoms in total. The predicted octanol–water partition coefficient (Wildman–Crippen LogP) is -0.530. The lowest BCUT2D eigenvalue weighted by molar-refractivity contribution is -0.121. The zero-order valence-electron chi connectivity index (χ0n) is 9.57. The van der Waals surface area contributed by atoms with E-state index < -0.39 is 17.9 Å². The molecule has 1 aromatic heterocycles. The van der Waals surface area contributed by atoms with Gasteiger partial charge in [-0.05, 0) is 12.1 Å². The summed E-state index contributed by atoms with van der Waals surface area (Å²) >= 11 is 0. The first kappa shape index (κ1) is 12.3. The molecule has 2 heterocycles. The Balaban J connectivity index is 2.30. The second-order valence-corrected chi connectivity index (χ2v) is 3.89. The highest BCUT2D eigenvalue weighted by atomic mass is 16.5. The van der Waals surface area contributed by atoms with Gasteiger partial charge in [0, 0.05) is 12.7 Å². The number of aromatic carboxylic acids is 1. The smallest absolute Gasteiger partial charge is 0.335 e. The van der Waals surface area contributed by atoms with E-state index in [9.17, 15) is 9.59 Å². The maximum atomic E-state index is 11.3. The molecule has 0 bridgehead atoms. The van der Waals surface area contributed by atoms with Crippen LogP contribution < -0.4 is 10.6 Å². The molecular weight excluding hydrogens is 238 g/mol. The summed E-state index contributed by atoms with van der Waals surface area (Å²) in [4.78, 5) is 27.9. The van der Waals surface area contributed by atoms with Crippen molar-refractivity contribution in [1.82, 2.24) is 4.98 Å². The molecule has 2 rings (SSSR count). The number of nitrogens with two attached hydrogens (primary N) is 1. The standard InChI is InChI=1S/C11H13N3O4/c12-10(15)8-6-18-4-3-14(8)9-5-7(11(16)17)1-2-13-9/h1-2,5,8H,3-4,6H2,(H2,12,15)(H,16,17). The zero-order chi connectivity index (χ0) is 13.1. The second-order valence-electron chi connectivity index (χ2n) is 3.89. The van der Waals surface area contributed by atoms with E-state index in [4.69, 9.17) is 15.6 Å². The molecule has 1 aromatic rings. The van der Waals surface area contributed by atoms with Crippen LogP contribution in [-0.4, -0.2) is 47.8 Å². The van der Waals surface area contributed by atoms with Crippen molar-refractivity contribution in [2.75, 3.05) is 24.7 Å². The summed E-state index contributed by atoms with van der Waals surface area (Å²) in [5.74, 6) is -1.14. The fourth-order valence-corrected chi connectivity index (χ4v) is 1.82. The third kappa shape index (κ3) is 2.40. The van der Waals surface area contributed by atoms with Crippen molar-refractivity contribution >= 4 is 17.7 Å². The lowest BCUT2D eigenvalue weighted by atomic mass is 10.2. The SMILES string of the molecule is NC(=O)C1COCCN1c1cc(C(=O)O)ccn1. The number of carboxylic acid groups (broad SMARTS) is 1. The molecule has 0 aromatic carbocycles. The number of carbonyl (C=O) groups is 2. The molecule has 7 heteroatoms. The first-order chi connectivity index (χ1) is 8.59. The number of hydrogen-bond donors (Lipinski definition) is 2. The topological polar surface area (TPSA) is 106 Å². The minimum atomic E-state index is -1.04. The molecule has 96 valence electrons. The lowest BCUT2D eigenvalue weighted by Gasteiger charge is -2.34. The third-order valence-electron chi connectivity index (χ3n) is 2.74. The summed E-state index contributed by atoms with van der Waals surface area (Å²) in [6, 6.07) is 2.20. The molecule has 0 saturated carbocycles. The van der Waals surface area contributed by atoms with Gasteiger partial charge >= 0.3 is 5.97 Å². The molecule has 1 fully saturated rings. The fourth-order valence-electron chi connectivity index (χ4n) is 1.82. The first-order valence-corrected chi connectivity index (χ1v) is 5.42. The second kappa shape index (κ2) is 5.01. The largest absolute Gasteiger partial charge is 0.478 e. The van der Waals surface area contributed by atoms with Crippen molar-refractivity contribution in [3.05, 3.63) is 23.9 Å². The van der Waals surface area contributed by atoms with E-state index in [0.29, 0.717) is 19.0 Å². The van der Waals surface area contributed by atoms with Crippen LogP contribution in [0.1, 0.15) is 10.4 Å². The van der Waals surface area contributed by atoms with Gasteiger partial charge in [-0.2, -0.15) is 0 Å². The van der Waals surface area contributed by atoms with E-state index in [2.05, 4.69) is 4.98 Å². The summed E-state index contributed by atoms with van der Waals surface area (Å²) in [6.45, 7) is 1.08. The van der Waals surface area contributed by atoms with Crippen LogP contribution in [0.4, 0.5) is 5.82 Å². The number of carbonyl (C=O) groups excluding carboxylic acids is 1. The Kier molecular flexibility index (Phi) is 3.42. The van der Waals surface area contributed by atoms with E-state index in [-0.39, 0.29) is 12.2 Å². The van der Waals surface area contributed by atoms with Crippen LogP contribution in [0, 0.1) is 0 Å². The van der Waals surface area contributed by atoms with Gasteiger partial charge < -0.3 is 20.5 Å². The van der Waals surface area contributed by atoms with Crippen molar-refractivity contribution in [3.8, 4) is 0 Å². The number of nitrogens with zero attached hydrogens (tertiary/aromatic N) is 2. The summed E-state index contributed by atoms with van der Waals surface area (Å²) in [5.41, 5.74) is 5.41. The van der Waals surface area contributed by atoms with E-state index in [1.54, 1.807) is 4.90 Å². The molecule has 1 amide bonds. The first-order valence-electron chi connectivity index (χ1n) is 5.42. The number of carboxylic acids is 1. The molecule has 1 unspecified atom stereocenters. The number of pyridine rings is 1. The van der Waals surface area contributed by atoms with Crippen molar-refractivity contribution in [2.24, 2.45) is 5.73 Å². The Labute approximate surface area is 103 Å². The van der Waals surface area contributed by atoms with E-state index >= 15 is 0 Å². The summed E-state index contributed by atoms with van der Waals surface area (Å²) in [6.07, 6.45) is 1.40. The Morgan fingerprint density at radius 1 is 1.56 bits per heavy atom. The molecule has 0 spiro atoms. The van der Waals surface area contributed by atoms with Crippen LogP contribution >= 0.6 is 0 Å². The van der Waals surface area contributed by atoms with E-state index in [1.165, 1.54) is 18.3 Å². The van der Waals surface area contributed by atoms with Crippen LogP contribution in [0.15, 0.2) is 18.3 Å². The minimum absolute atomic E-state index is 0.120. The van der Waals surface area contributed by atoms with Crippen molar-refractivity contribution in [3.63, 3.8) is 0 Å². The number of amides is 1. The number of primary amides is 1. The van der Waals surface area contributed by atoms with Gasteiger partial charge in [-0.3, -0.25) is 4.79 Å². The highest BCUT2D eigenvalue weighted by molar-refractivity contribution is 5.89. The summed E-state index contributed by atoms with van der Waals surface area (Å²) < 4.78 is 5.19. The number of ether oxygens (including phenoxy) is 1. The van der Waals surface area contributed by atoms with Gasteiger partial charge in [-0.25, -0.2) is 9.78 Å². The molecule has 1 saturated heterocycles. The van der Waals surface area contributed by atoms with Crippen LogP contribution in [0.25, 0.3) is 0 Å². The molecule has 0 radical (unpaired) electrons. The van der Waals surface area contributed by atoms with Crippen molar-refractivity contribution in [2.45, 2.75) is 6.04 Å². The van der Waals surface area contributed by atoms with E-state index in [0.717, 1.165) is 0 Å². The molecule has 1 aliphatic heterocycles. The fraction of sp³-hybridized carbons (Fsp3) is 0.364. The number of morpholine rings is 1. The molecule has 18 heavy (non-hydrogen) atoms. The molecule has 0 aliphatic carbocycles. The number of rotatable bonds is 3. The minimum Gasteiger partial charge on any atom is -0.478 e. The third-order valence-corrected chi connectivity index (χ3v) is 2.74. The maximum Gasteiger partial charge on any atom is 0.335 e. The quantitative estimate of drug-likeness (QED) is 0.748. The van der Waals surface area contributed by atoms with Crippen LogP contribution in [0.2, 0.25) is 0 Å². The van der Waals surface area contributed by atoms with Gasteiger partial charge in [0.1, 0.15) is 11.9 Å². The van der Waals surface area contributed by atoms with Crippen LogP contribution in [0.3, 0.4) is 0 Å². The van der Waals surface area contributed by atoms with Crippen molar-refractivity contribution < 1.29 is 19.4 Å². The average molecular weight is 251 g/mol. The molecule has 1 atom stereocenters. The zero-order valence-corrected chi connectivity index (χ0v) is 9.57. The highest BCUT2D eigenvalue weighted by Gasteiger charge is 2.28. The van der Waals surface area contributed by atoms with Gasteiger partial charge in [0.2, 0.25) is 5.91 Å². The number of hydrogen-bond acceptors (Lipinski definition) is 5. The van der Waals surface area contributed by atoms with Crippen molar-refractivity contribution in [1.29, 1.82) is 0 Å². The van der Waals surface area contributed by atoms with Crippen LogP contribution in [-0.2, 0) is 9.53 Å². The predicted molar refractivity (Wildman–Crippen MR) is 62.3 cm³/mol. The Hall–Kier alpha value is -2.15. The number of anilines is 1. The lowest BCUT2D eigenvalue weighted by Crippen LogP contribution is -2.53. The average Bonchev–Trinajstić information content (AvgIpc) is 2.39. The van der Waals surface area contributed by atoms with Gasteiger partial charge in [-0.1, -0.05) is 0 Å². The highest BCUT2D eigenvalue weighted by Crippen LogP contribution is 2.18. The van der Waals surface area contributed by atoms with Gasteiger partial charge in [0.15, 0.2) is 0 Å². The molecule has 3 N–H and O–H groups in total. The normalized spacial score (nSPS) is 19.6. The van der Waals surface area contributed by atoms with Gasteiger partial charge in [0.05, 0.1) is 18.8 Å². The van der Waals surface area contributed by atoms with Crippen LogP contribution in [0.5, 0.6) is 0 Å². The Bertz CT molecular complexity index is 477. The maximum absolute atomic E-state index is 11.3. The van der Waals surface area contributed by atoms with E-state index in [1.807, 2.05) is 0 Å². The molecular formula is C11H13N3O4. The molecule has 1 aliphatic rings. The summed E-state index contributed by atoms with van der Waals surface area (Å²) in [7, 11) is 0. The Morgan fingerprint density at radius 2 is 2.33 bits per heavy atom. The Morgan fingerprint density at radius 3 is 3.00 bits per heavy atom. The monoisotopic (exact) mass is 251 g/mol. The van der Waals surface area contributed by atoms with Gasteiger partial charge in [0.25, 0.3) is 0 Å². The number of aromatic nitrogens is 1.